The second kappa shape index (κ2) is 5.84. The Morgan fingerprint density at radius 3 is 2.55 bits per heavy atom. The highest BCUT2D eigenvalue weighted by Crippen LogP contribution is 2.37. The monoisotopic (exact) mass is 347 g/mol. The molecule has 0 aliphatic carbocycles. The summed E-state index contributed by atoms with van der Waals surface area (Å²) < 4.78 is 7.14. The fraction of sp³-hybridized carbons (Fsp3) is 0.462. The molecule has 1 fully saturated rings. The number of rotatable bonds is 3. The molecular weight excluding hydrogens is 333 g/mol. The fourth-order valence-corrected chi connectivity index (χ4v) is 2.93. The average Bonchev–Trinajstić information content (AvgIpc) is 2.98. The summed E-state index contributed by atoms with van der Waals surface area (Å²) in [7, 11) is 1.67. The Balaban J connectivity index is 2.15. The van der Waals surface area contributed by atoms with Gasteiger partial charge in [0.15, 0.2) is 6.23 Å². The van der Waals surface area contributed by atoms with E-state index in [9.17, 15) is 15.3 Å². The lowest BCUT2D eigenvalue weighted by Gasteiger charge is -2.19. The molecule has 1 aliphatic rings. The van der Waals surface area contributed by atoms with Gasteiger partial charge in [0.05, 0.1) is 27.7 Å². The van der Waals surface area contributed by atoms with E-state index in [-0.39, 0.29) is 0 Å². The number of hydrogen-bond donors (Lipinski definition) is 4. The first kappa shape index (κ1) is 15.8. The Hall–Kier alpha value is -1.09. The van der Waals surface area contributed by atoms with Crippen molar-refractivity contribution in [2.75, 3.05) is 19.0 Å². The molecule has 1 unspecified atom stereocenters. The van der Waals surface area contributed by atoms with Crippen LogP contribution in [0.5, 0.6) is 0 Å². The van der Waals surface area contributed by atoms with Crippen LogP contribution in [0.3, 0.4) is 0 Å². The number of ether oxygens (including phenoxy) is 1. The molecular formula is C13H15Cl2N3O4. The molecule has 2 aromatic rings. The molecule has 0 bridgehead atoms. The van der Waals surface area contributed by atoms with Crippen LogP contribution >= 0.6 is 23.2 Å². The topological polar surface area (TPSA) is 99.8 Å². The number of fused-ring (bicyclic) bond motifs is 1. The third-order valence-corrected chi connectivity index (χ3v) is 4.45. The molecule has 1 aromatic carbocycles. The van der Waals surface area contributed by atoms with E-state index < -0.39 is 31.1 Å². The number of nitrogens with one attached hydrogen (secondary N) is 1. The zero-order chi connectivity index (χ0) is 16.0. The number of hydrogen-bond acceptors (Lipinski definition) is 6. The van der Waals surface area contributed by atoms with Crippen LogP contribution in [0.2, 0.25) is 10.0 Å². The minimum Gasteiger partial charge on any atom is -0.394 e. The predicted octanol–water partition coefficient (Wildman–Crippen LogP) is 0.996. The van der Waals surface area contributed by atoms with Gasteiger partial charge in [-0.1, -0.05) is 23.2 Å². The molecule has 3 rings (SSSR count). The maximum absolute atomic E-state index is 10.2. The number of aliphatic hydroxyl groups is 3. The third-order valence-electron chi connectivity index (χ3n) is 3.73. The minimum atomic E-state index is -1.21. The lowest BCUT2D eigenvalue weighted by atomic mass is 10.1. The minimum absolute atomic E-state index is 0.338. The highest BCUT2D eigenvalue weighted by molar-refractivity contribution is 6.42. The Morgan fingerprint density at radius 2 is 1.95 bits per heavy atom. The van der Waals surface area contributed by atoms with Crippen molar-refractivity contribution in [2.24, 2.45) is 0 Å². The van der Waals surface area contributed by atoms with Crippen LogP contribution in [0, 0.1) is 0 Å². The van der Waals surface area contributed by atoms with Gasteiger partial charge < -0.3 is 25.4 Å². The van der Waals surface area contributed by atoms with Gasteiger partial charge in [0, 0.05) is 7.05 Å². The van der Waals surface area contributed by atoms with Gasteiger partial charge in [-0.3, -0.25) is 4.57 Å². The molecule has 2 heterocycles. The molecule has 4 N–H and O–H groups in total. The van der Waals surface area contributed by atoms with Crippen molar-refractivity contribution in [1.82, 2.24) is 9.55 Å². The summed E-state index contributed by atoms with van der Waals surface area (Å²) in [6.07, 6.45) is -4.18. The zero-order valence-corrected chi connectivity index (χ0v) is 13.1. The van der Waals surface area contributed by atoms with Crippen LogP contribution in [-0.2, 0) is 4.74 Å². The predicted molar refractivity (Wildman–Crippen MR) is 82.3 cm³/mol. The Morgan fingerprint density at radius 1 is 1.27 bits per heavy atom. The number of imidazole rings is 1. The molecule has 22 heavy (non-hydrogen) atoms. The first-order valence-corrected chi connectivity index (χ1v) is 7.40. The van der Waals surface area contributed by atoms with E-state index in [4.69, 9.17) is 27.9 Å². The average molecular weight is 348 g/mol. The van der Waals surface area contributed by atoms with Crippen LogP contribution in [0.25, 0.3) is 11.0 Å². The quantitative estimate of drug-likeness (QED) is 0.660. The van der Waals surface area contributed by atoms with Gasteiger partial charge in [-0.25, -0.2) is 4.98 Å². The fourth-order valence-electron chi connectivity index (χ4n) is 2.62. The number of halogens is 2. The number of anilines is 1. The lowest BCUT2D eigenvalue weighted by molar-refractivity contribution is -0.0499. The molecule has 1 aromatic heterocycles. The standard InChI is InChI=1S/C13H15Cl2N3O4/c1-16-13-17-7-2-5(14)6(15)3-8(7)18(13)12-11(21)10(20)9(4-19)22-12/h2-3,9-12,19-21H,4H2,1H3,(H,16,17)/t9-,10+,11+,12?/m1/s1. The van der Waals surface area contributed by atoms with E-state index in [0.29, 0.717) is 27.0 Å². The Kier molecular flexibility index (Phi) is 4.19. The van der Waals surface area contributed by atoms with Gasteiger partial charge in [-0.15, -0.1) is 0 Å². The lowest BCUT2D eigenvalue weighted by Crippen LogP contribution is -2.33. The Labute approximate surface area is 136 Å². The molecule has 0 saturated carbocycles. The maximum atomic E-state index is 10.2. The van der Waals surface area contributed by atoms with E-state index in [1.807, 2.05) is 0 Å². The van der Waals surface area contributed by atoms with Gasteiger partial charge >= 0.3 is 0 Å². The van der Waals surface area contributed by atoms with E-state index in [1.54, 1.807) is 23.7 Å². The molecule has 120 valence electrons. The number of aliphatic hydroxyl groups excluding tert-OH is 3. The maximum Gasteiger partial charge on any atom is 0.205 e. The zero-order valence-electron chi connectivity index (χ0n) is 11.6. The molecule has 9 heteroatoms. The number of aromatic nitrogens is 2. The smallest absolute Gasteiger partial charge is 0.205 e. The summed E-state index contributed by atoms with van der Waals surface area (Å²) >= 11 is 12.0. The normalized spacial score (nSPS) is 28.5. The van der Waals surface area contributed by atoms with Gasteiger partial charge in [0.25, 0.3) is 0 Å². The van der Waals surface area contributed by atoms with Gasteiger partial charge in [-0.2, -0.15) is 0 Å². The highest BCUT2D eigenvalue weighted by atomic mass is 35.5. The first-order chi connectivity index (χ1) is 10.5. The van der Waals surface area contributed by atoms with Gasteiger partial charge in [0.1, 0.15) is 18.3 Å². The number of benzene rings is 1. The van der Waals surface area contributed by atoms with Gasteiger partial charge in [-0.05, 0) is 12.1 Å². The SMILES string of the molecule is CNc1nc2cc(Cl)c(Cl)cc2n1C1O[C@H](CO)[C@H](O)[C@@H]1O. The van der Waals surface area contributed by atoms with Crippen LogP contribution < -0.4 is 5.32 Å². The molecule has 1 saturated heterocycles. The van der Waals surface area contributed by atoms with Crippen molar-refractivity contribution < 1.29 is 20.1 Å². The van der Waals surface area contributed by atoms with E-state index in [2.05, 4.69) is 10.3 Å². The van der Waals surface area contributed by atoms with E-state index in [0.717, 1.165) is 0 Å². The Bertz CT molecular complexity index is 708. The van der Waals surface area contributed by atoms with Crippen molar-refractivity contribution in [3.05, 3.63) is 22.2 Å². The third kappa shape index (κ3) is 2.34. The summed E-state index contributed by atoms with van der Waals surface area (Å²) in [5, 5.41) is 33.0. The van der Waals surface area contributed by atoms with E-state index in [1.165, 1.54) is 0 Å². The van der Waals surface area contributed by atoms with Crippen molar-refractivity contribution in [2.45, 2.75) is 24.5 Å². The molecule has 0 spiro atoms. The van der Waals surface area contributed by atoms with Crippen LogP contribution in [0.4, 0.5) is 5.95 Å². The van der Waals surface area contributed by atoms with Crippen molar-refractivity contribution in [1.29, 1.82) is 0 Å². The molecule has 0 radical (unpaired) electrons. The molecule has 0 amide bonds. The van der Waals surface area contributed by atoms with Crippen molar-refractivity contribution in [3.8, 4) is 0 Å². The van der Waals surface area contributed by atoms with Gasteiger partial charge in [0.2, 0.25) is 5.95 Å². The molecule has 1 aliphatic heterocycles. The largest absolute Gasteiger partial charge is 0.394 e. The number of nitrogens with zero attached hydrogens (tertiary/aromatic N) is 2. The molecule has 4 atom stereocenters. The first-order valence-electron chi connectivity index (χ1n) is 6.65. The van der Waals surface area contributed by atoms with Crippen molar-refractivity contribution >= 4 is 40.2 Å². The van der Waals surface area contributed by atoms with E-state index >= 15 is 0 Å². The highest BCUT2D eigenvalue weighted by Gasteiger charge is 2.44. The van der Waals surface area contributed by atoms with Crippen LogP contribution in [0.15, 0.2) is 12.1 Å². The van der Waals surface area contributed by atoms with Crippen molar-refractivity contribution in [3.63, 3.8) is 0 Å². The summed E-state index contributed by atoms with van der Waals surface area (Å²) in [6.45, 7) is -0.400. The summed E-state index contributed by atoms with van der Waals surface area (Å²) in [4.78, 5) is 4.36. The summed E-state index contributed by atoms with van der Waals surface area (Å²) in [5.74, 6) is 0.420. The second-order valence-corrected chi connectivity index (χ2v) is 5.85. The van der Waals surface area contributed by atoms with Crippen LogP contribution in [0.1, 0.15) is 6.23 Å². The molecule has 7 nitrogen and oxygen atoms in total. The summed E-state index contributed by atoms with van der Waals surface area (Å²) in [5.41, 5.74) is 1.16. The summed E-state index contributed by atoms with van der Waals surface area (Å²) in [6, 6.07) is 3.22. The van der Waals surface area contributed by atoms with Crippen LogP contribution in [-0.4, -0.2) is 56.8 Å². The second-order valence-electron chi connectivity index (χ2n) is 5.04.